The third-order valence-corrected chi connectivity index (χ3v) is 2.83. The van der Waals surface area contributed by atoms with E-state index in [1.54, 1.807) is 0 Å². The summed E-state index contributed by atoms with van der Waals surface area (Å²) in [6, 6.07) is 0. The second-order valence-electron chi connectivity index (χ2n) is 4.11. The minimum atomic E-state index is -1.45. The number of aliphatic hydroxyl groups excluding tert-OH is 1. The van der Waals surface area contributed by atoms with E-state index < -0.39 is 26.8 Å². The van der Waals surface area contributed by atoms with E-state index in [0.717, 1.165) is 0 Å². The lowest BCUT2D eigenvalue weighted by Gasteiger charge is -2.36. The summed E-state index contributed by atoms with van der Waals surface area (Å²) in [5.41, 5.74) is 4.16. The van der Waals surface area contributed by atoms with Gasteiger partial charge in [-0.15, -0.1) is 0 Å². The van der Waals surface area contributed by atoms with Crippen molar-refractivity contribution in [3.63, 3.8) is 0 Å². The lowest BCUT2D eigenvalue weighted by atomic mass is 9.81. The molecule has 0 aromatic heterocycles. The van der Waals surface area contributed by atoms with E-state index >= 15 is 0 Å². The smallest absolute Gasteiger partial charge is 0.152 e. The summed E-state index contributed by atoms with van der Waals surface area (Å²) < 4.78 is 4.87. The summed E-state index contributed by atoms with van der Waals surface area (Å²) in [7, 11) is -0.583. The van der Waals surface area contributed by atoms with Crippen LogP contribution >= 0.6 is 9.03 Å². The molecule has 5 N–H and O–H groups in total. The van der Waals surface area contributed by atoms with Crippen LogP contribution in [0.1, 0.15) is 27.2 Å². The second kappa shape index (κ2) is 6.74. The van der Waals surface area contributed by atoms with Crippen LogP contribution in [0.15, 0.2) is 0 Å². The first-order chi connectivity index (χ1) is 6.84. The Morgan fingerprint density at radius 2 is 2.07 bits per heavy atom. The average Bonchev–Trinajstić information content (AvgIpc) is 2.12. The molecule has 15 heavy (non-hydrogen) atoms. The van der Waals surface area contributed by atoms with Crippen molar-refractivity contribution in [1.82, 2.24) is 0 Å². The fourth-order valence-corrected chi connectivity index (χ4v) is 2.21. The Morgan fingerprint density at radius 1 is 1.53 bits per heavy atom. The van der Waals surface area contributed by atoms with Crippen LogP contribution in [-0.4, -0.2) is 33.5 Å². The lowest BCUT2D eigenvalue weighted by molar-refractivity contribution is -0.0853. The van der Waals surface area contributed by atoms with Gasteiger partial charge < -0.3 is 25.4 Å². The molecule has 0 aromatic carbocycles. The van der Waals surface area contributed by atoms with Crippen molar-refractivity contribution in [2.45, 2.75) is 39.0 Å². The van der Waals surface area contributed by atoms with E-state index in [1.165, 1.54) is 6.92 Å². The lowest BCUT2D eigenvalue weighted by Crippen LogP contribution is -2.52. The number of rotatable bonds is 7. The van der Waals surface area contributed by atoms with E-state index in [0.29, 0.717) is 6.42 Å². The quantitative estimate of drug-likeness (QED) is 0.376. The molecule has 0 spiro atoms. The van der Waals surface area contributed by atoms with Crippen LogP contribution in [0.5, 0.6) is 0 Å². The Labute approximate surface area is 92.6 Å². The van der Waals surface area contributed by atoms with Crippen molar-refractivity contribution in [1.29, 1.82) is 0 Å². The van der Waals surface area contributed by atoms with E-state index in [1.807, 2.05) is 13.8 Å². The molecule has 0 fully saturated rings. The van der Waals surface area contributed by atoms with Crippen molar-refractivity contribution in [2.24, 2.45) is 17.6 Å². The summed E-state index contributed by atoms with van der Waals surface area (Å²) in [4.78, 5) is 8.54. The van der Waals surface area contributed by atoms with Crippen LogP contribution in [0.3, 0.4) is 0 Å². The summed E-state index contributed by atoms with van der Waals surface area (Å²) in [6.45, 7) is 5.38. The van der Waals surface area contributed by atoms with Gasteiger partial charge >= 0.3 is 0 Å². The standard InChI is InChI=1S/C9H22NO4P/c1-4-7(11)8(9(3,10)12)6(2)5-14-15-13/h6-8,11-13,15H,4-5,10H2,1-3H3. The normalized spacial score (nSPS) is 22.6. The van der Waals surface area contributed by atoms with E-state index in [4.69, 9.17) is 15.2 Å². The van der Waals surface area contributed by atoms with Crippen molar-refractivity contribution in [3.05, 3.63) is 0 Å². The molecular weight excluding hydrogens is 217 g/mol. The van der Waals surface area contributed by atoms with Gasteiger partial charge in [-0.3, -0.25) is 0 Å². The van der Waals surface area contributed by atoms with Crippen molar-refractivity contribution in [3.8, 4) is 0 Å². The first-order valence-corrected chi connectivity index (χ1v) is 5.90. The molecule has 0 aliphatic rings. The van der Waals surface area contributed by atoms with Gasteiger partial charge in [-0.05, 0) is 19.3 Å². The number of nitrogens with two attached hydrogens (primary N) is 1. The van der Waals surface area contributed by atoms with Crippen LogP contribution in [0.2, 0.25) is 0 Å². The highest BCUT2D eigenvalue weighted by molar-refractivity contribution is 7.24. The number of hydrogen-bond acceptors (Lipinski definition) is 5. The molecular formula is C9H22NO4P. The third kappa shape index (κ3) is 5.20. The maximum absolute atomic E-state index is 9.77. The highest BCUT2D eigenvalue weighted by atomic mass is 31.1. The Kier molecular flexibility index (Phi) is 6.84. The molecule has 0 amide bonds. The molecule has 5 unspecified atom stereocenters. The Morgan fingerprint density at radius 3 is 2.40 bits per heavy atom. The molecule has 6 heteroatoms. The zero-order valence-electron chi connectivity index (χ0n) is 9.47. The van der Waals surface area contributed by atoms with Gasteiger partial charge in [-0.2, -0.15) is 0 Å². The molecule has 0 saturated heterocycles. The van der Waals surface area contributed by atoms with Gasteiger partial charge in [0.1, 0.15) is 5.72 Å². The molecule has 0 heterocycles. The van der Waals surface area contributed by atoms with E-state index in [9.17, 15) is 10.2 Å². The maximum Gasteiger partial charge on any atom is 0.152 e. The van der Waals surface area contributed by atoms with Crippen LogP contribution < -0.4 is 5.73 Å². The molecule has 0 aromatic rings. The van der Waals surface area contributed by atoms with Crippen molar-refractivity contribution >= 4 is 9.03 Å². The first kappa shape index (κ1) is 15.2. The molecule has 0 aliphatic carbocycles. The topological polar surface area (TPSA) is 95.9 Å². The van der Waals surface area contributed by atoms with Gasteiger partial charge in [0, 0.05) is 5.92 Å². The van der Waals surface area contributed by atoms with Gasteiger partial charge in [0.2, 0.25) is 0 Å². The minimum absolute atomic E-state index is 0.125. The molecule has 0 aliphatic heterocycles. The van der Waals surface area contributed by atoms with Gasteiger partial charge in [-0.1, -0.05) is 13.8 Å². The predicted molar refractivity (Wildman–Crippen MR) is 60.2 cm³/mol. The third-order valence-electron chi connectivity index (χ3n) is 2.53. The van der Waals surface area contributed by atoms with Crippen LogP contribution in [0.4, 0.5) is 0 Å². The zero-order valence-corrected chi connectivity index (χ0v) is 10.5. The SMILES string of the molecule is CCC(O)C(C(C)COPO)C(C)(N)O. The predicted octanol–water partition coefficient (Wildman–Crippen LogP) is 0.194. The first-order valence-electron chi connectivity index (χ1n) is 5.04. The molecule has 0 radical (unpaired) electrons. The van der Waals surface area contributed by atoms with Crippen LogP contribution in [-0.2, 0) is 4.52 Å². The summed E-state index contributed by atoms with van der Waals surface area (Å²) in [6.07, 6.45) is -0.158. The summed E-state index contributed by atoms with van der Waals surface area (Å²) >= 11 is 0. The van der Waals surface area contributed by atoms with Crippen molar-refractivity contribution < 1.29 is 19.6 Å². The van der Waals surface area contributed by atoms with Crippen LogP contribution in [0.25, 0.3) is 0 Å². The second-order valence-corrected chi connectivity index (χ2v) is 4.58. The number of aliphatic hydroxyl groups is 2. The van der Waals surface area contributed by atoms with Crippen LogP contribution in [0, 0.1) is 11.8 Å². The van der Waals surface area contributed by atoms with Gasteiger partial charge in [0.25, 0.3) is 0 Å². The Balaban J connectivity index is 4.48. The fourth-order valence-electron chi connectivity index (χ4n) is 1.87. The summed E-state index contributed by atoms with van der Waals surface area (Å²) in [5, 5.41) is 19.5. The number of hydrogen-bond donors (Lipinski definition) is 4. The molecule has 5 atom stereocenters. The Hall–Kier alpha value is 0.230. The average molecular weight is 239 g/mol. The monoisotopic (exact) mass is 239 g/mol. The van der Waals surface area contributed by atoms with E-state index in [2.05, 4.69) is 0 Å². The maximum atomic E-state index is 9.77. The van der Waals surface area contributed by atoms with Gasteiger partial charge in [-0.25, -0.2) is 0 Å². The molecule has 92 valence electrons. The molecule has 0 saturated carbocycles. The van der Waals surface area contributed by atoms with E-state index in [-0.39, 0.29) is 12.5 Å². The Bertz CT molecular complexity index is 174. The van der Waals surface area contributed by atoms with Gasteiger partial charge in [0.15, 0.2) is 9.03 Å². The molecule has 0 rings (SSSR count). The largest absolute Gasteiger partial charge is 0.393 e. The summed E-state index contributed by atoms with van der Waals surface area (Å²) in [5.74, 6) is -0.599. The minimum Gasteiger partial charge on any atom is -0.393 e. The molecule has 0 bridgehead atoms. The van der Waals surface area contributed by atoms with Gasteiger partial charge in [0.05, 0.1) is 12.7 Å². The highest BCUT2D eigenvalue weighted by Gasteiger charge is 2.37. The molecule has 5 nitrogen and oxygen atoms in total. The zero-order chi connectivity index (χ0) is 12.1. The van der Waals surface area contributed by atoms with Crippen molar-refractivity contribution in [2.75, 3.05) is 6.61 Å². The highest BCUT2D eigenvalue weighted by Crippen LogP contribution is 2.27. The fraction of sp³-hybridized carbons (Fsp3) is 1.00.